The van der Waals surface area contributed by atoms with Gasteiger partial charge in [0.2, 0.25) is 0 Å². The maximum atomic E-state index is 11.8. The maximum absolute atomic E-state index is 11.8. The molecule has 0 heterocycles. The minimum absolute atomic E-state index is 0.0983. The smallest absolute Gasteiger partial charge is 0.321 e. The van der Waals surface area contributed by atoms with Gasteiger partial charge in [-0.15, -0.1) is 11.8 Å². The van der Waals surface area contributed by atoms with E-state index in [-0.39, 0.29) is 5.97 Å². The molecule has 0 spiro atoms. The molecule has 17 heavy (non-hydrogen) atoms. The van der Waals surface area contributed by atoms with E-state index in [0.29, 0.717) is 18.0 Å². The molecule has 1 saturated carbocycles. The highest BCUT2D eigenvalue weighted by Crippen LogP contribution is 2.38. The Morgan fingerprint density at radius 3 is 2.35 bits per heavy atom. The van der Waals surface area contributed by atoms with Crippen LogP contribution in [0.1, 0.15) is 46.5 Å². The molecule has 0 aromatic heterocycles. The Morgan fingerprint density at radius 1 is 1.29 bits per heavy atom. The summed E-state index contributed by atoms with van der Waals surface area (Å²) >= 11 is 1.75. The van der Waals surface area contributed by atoms with Crippen LogP contribution in [0.3, 0.4) is 0 Å². The largest absolute Gasteiger partial charge is 0.465 e. The van der Waals surface area contributed by atoms with E-state index in [1.807, 2.05) is 20.8 Å². The van der Waals surface area contributed by atoms with Crippen LogP contribution in [0.15, 0.2) is 0 Å². The van der Waals surface area contributed by atoms with Crippen molar-refractivity contribution >= 4 is 17.7 Å². The Kier molecular flexibility index (Phi) is 5.80. The van der Waals surface area contributed by atoms with Gasteiger partial charge in [0.15, 0.2) is 0 Å². The number of hydrogen-bond acceptors (Lipinski definition) is 4. The van der Waals surface area contributed by atoms with Gasteiger partial charge < -0.3 is 9.47 Å². The highest BCUT2D eigenvalue weighted by atomic mass is 32.2. The topological polar surface area (TPSA) is 35.5 Å². The third-order valence-corrected chi connectivity index (χ3v) is 4.74. The van der Waals surface area contributed by atoms with Crippen LogP contribution in [0.25, 0.3) is 0 Å². The molecule has 100 valence electrons. The van der Waals surface area contributed by atoms with Gasteiger partial charge in [-0.2, -0.15) is 0 Å². The molecule has 1 rings (SSSR count). The van der Waals surface area contributed by atoms with Gasteiger partial charge >= 0.3 is 5.97 Å². The van der Waals surface area contributed by atoms with Crippen LogP contribution in [0.5, 0.6) is 0 Å². The first-order valence-corrected chi connectivity index (χ1v) is 7.25. The normalized spacial score (nSPS) is 25.6. The second-order valence-corrected chi connectivity index (χ2v) is 6.91. The van der Waals surface area contributed by atoms with Crippen molar-refractivity contribution < 1.29 is 14.3 Å². The summed E-state index contributed by atoms with van der Waals surface area (Å²) in [7, 11) is 1.78. The summed E-state index contributed by atoms with van der Waals surface area (Å²) in [5, 5.41) is 0.556. The van der Waals surface area contributed by atoms with Crippen molar-refractivity contribution in [2.45, 2.75) is 62.6 Å². The molecule has 0 unspecified atom stereocenters. The van der Waals surface area contributed by atoms with E-state index < -0.39 is 4.75 Å². The Morgan fingerprint density at radius 2 is 1.88 bits per heavy atom. The summed E-state index contributed by atoms with van der Waals surface area (Å²) < 4.78 is 10.0. The molecule has 0 atom stereocenters. The van der Waals surface area contributed by atoms with Crippen molar-refractivity contribution in [2.75, 3.05) is 13.7 Å². The van der Waals surface area contributed by atoms with Crippen molar-refractivity contribution in [1.29, 1.82) is 0 Å². The molecule has 0 aromatic carbocycles. The van der Waals surface area contributed by atoms with Gasteiger partial charge in [0.05, 0.1) is 12.7 Å². The fraction of sp³-hybridized carbons (Fsp3) is 0.923. The summed E-state index contributed by atoms with van der Waals surface area (Å²) in [6, 6.07) is 0. The van der Waals surface area contributed by atoms with Crippen molar-refractivity contribution in [1.82, 2.24) is 0 Å². The molecule has 1 aliphatic carbocycles. The van der Waals surface area contributed by atoms with E-state index in [4.69, 9.17) is 9.47 Å². The van der Waals surface area contributed by atoms with E-state index in [1.54, 1.807) is 18.9 Å². The van der Waals surface area contributed by atoms with E-state index in [2.05, 4.69) is 0 Å². The number of ether oxygens (including phenoxy) is 2. The lowest BCUT2D eigenvalue weighted by Gasteiger charge is -2.32. The highest BCUT2D eigenvalue weighted by Gasteiger charge is 2.34. The van der Waals surface area contributed by atoms with Crippen LogP contribution in [-0.2, 0) is 14.3 Å². The summed E-state index contributed by atoms with van der Waals surface area (Å²) in [5.41, 5.74) is 0. The SMILES string of the molecule is CCOC(=O)C(C)(C)SC1CCC(OC)CC1. The molecule has 0 aromatic rings. The standard InChI is InChI=1S/C13H24O3S/c1-5-16-12(14)13(2,3)17-11-8-6-10(15-4)7-9-11/h10-11H,5-9H2,1-4H3. The fourth-order valence-corrected chi connectivity index (χ4v) is 3.65. The zero-order chi connectivity index (χ0) is 12.9. The maximum Gasteiger partial charge on any atom is 0.321 e. The van der Waals surface area contributed by atoms with Crippen LogP contribution < -0.4 is 0 Å². The summed E-state index contributed by atoms with van der Waals surface area (Å²) in [6.07, 6.45) is 4.88. The Labute approximate surface area is 109 Å². The average Bonchev–Trinajstić information content (AvgIpc) is 2.30. The Balaban J connectivity index is 2.40. The van der Waals surface area contributed by atoms with Gasteiger partial charge in [0, 0.05) is 12.4 Å². The predicted molar refractivity (Wildman–Crippen MR) is 71.4 cm³/mol. The third-order valence-electron chi connectivity index (χ3n) is 3.18. The van der Waals surface area contributed by atoms with Crippen LogP contribution in [0, 0.1) is 0 Å². The summed E-state index contributed by atoms with van der Waals surface area (Å²) in [5.74, 6) is -0.0983. The van der Waals surface area contributed by atoms with Gasteiger partial charge in [-0.25, -0.2) is 0 Å². The minimum Gasteiger partial charge on any atom is -0.465 e. The Hall–Kier alpha value is -0.220. The van der Waals surface area contributed by atoms with Crippen molar-refractivity contribution in [2.24, 2.45) is 0 Å². The number of thioether (sulfide) groups is 1. The number of hydrogen-bond donors (Lipinski definition) is 0. The molecule has 0 N–H and O–H groups in total. The summed E-state index contributed by atoms with van der Waals surface area (Å²) in [6.45, 7) is 6.22. The zero-order valence-electron chi connectivity index (χ0n) is 11.3. The molecule has 4 heteroatoms. The molecule has 1 aliphatic rings. The second kappa shape index (κ2) is 6.64. The molecule has 3 nitrogen and oxygen atoms in total. The first-order valence-electron chi connectivity index (χ1n) is 6.37. The number of carbonyl (C=O) groups excluding carboxylic acids is 1. The molecule has 0 amide bonds. The lowest BCUT2D eigenvalue weighted by molar-refractivity contribution is -0.145. The zero-order valence-corrected chi connectivity index (χ0v) is 12.1. The molecular weight excluding hydrogens is 236 g/mol. The molecule has 0 aliphatic heterocycles. The Bertz CT molecular complexity index is 245. The fourth-order valence-electron chi connectivity index (χ4n) is 2.16. The van der Waals surface area contributed by atoms with Crippen LogP contribution in [0.2, 0.25) is 0 Å². The van der Waals surface area contributed by atoms with Gasteiger partial charge in [0.1, 0.15) is 4.75 Å². The van der Waals surface area contributed by atoms with Crippen molar-refractivity contribution in [3.8, 4) is 0 Å². The predicted octanol–water partition coefficient (Wildman–Crippen LogP) is 3.02. The van der Waals surface area contributed by atoms with E-state index in [9.17, 15) is 4.79 Å². The van der Waals surface area contributed by atoms with Crippen LogP contribution in [-0.4, -0.2) is 35.8 Å². The number of rotatable bonds is 5. The van der Waals surface area contributed by atoms with E-state index >= 15 is 0 Å². The molecule has 1 fully saturated rings. The van der Waals surface area contributed by atoms with Crippen molar-refractivity contribution in [3.63, 3.8) is 0 Å². The van der Waals surface area contributed by atoms with Gasteiger partial charge in [-0.1, -0.05) is 0 Å². The molecule has 0 bridgehead atoms. The quantitative estimate of drug-likeness (QED) is 0.712. The lowest BCUT2D eigenvalue weighted by atomic mass is 9.97. The van der Waals surface area contributed by atoms with Gasteiger partial charge in [-0.3, -0.25) is 4.79 Å². The van der Waals surface area contributed by atoms with E-state index in [0.717, 1.165) is 25.7 Å². The first kappa shape index (κ1) is 14.8. The number of esters is 1. The second-order valence-electron chi connectivity index (χ2n) is 4.98. The van der Waals surface area contributed by atoms with Gasteiger partial charge in [0.25, 0.3) is 0 Å². The number of carbonyl (C=O) groups is 1. The van der Waals surface area contributed by atoms with Crippen LogP contribution in [0.4, 0.5) is 0 Å². The minimum atomic E-state index is -0.430. The van der Waals surface area contributed by atoms with Crippen molar-refractivity contribution in [3.05, 3.63) is 0 Å². The average molecular weight is 260 g/mol. The molecule has 0 saturated heterocycles. The monoisotopic (exact) mass is 260 g/mol. The lowest BCUT2D eigenvalue weighted by Crippen LogP contribution is -2.34. The highest BCUT2D eigenvalue weighted by molar-refractivity contribution is 8.01. The first-order chi connectivity index (χ1) is 7.99. The molecule has 0 radical (unpaired) electrons. The number of methoxy groups -OCH3 is 1. The summed E-state index contributed by atoms with van der Waals surface area (Å²) in [4.78, 5) is 11.8. The van der Waals surface area contributed by atoms with E-state index in [1.165, 1.54) is 0 Å². The molecular formula is C13H24O3S. The third kappa shape index (κ3) is 4.51. The van der Waals surface area contributed by atoms with Crippen LogP contribution >= 0.6 is 11.8 Å². The van der Waals surface area contributed by atoms with Gasteiger partial charge in [-0.05, 0) is 46.5 Å².